The van der Waals surface area contributed by atoms with Crippen LogP contribution in [-0.4, -0.2) is 31.8 Å². The minimum Gasteiger partial charge on any atom is -0.478 e. The molecule has 0 saturated carbocycles. The summed E-state index contributed by atoms with van der Waals surface area (Å²) in [6.07, 6.45) is 0.381. The smallest absolute Gasteiger partial charge is 0.335 e. The molecule has 0 aliphatic rings. The van der Waals surface area contributed by atoms with Crippen LogP contribution in [0.15, 0.2) is 22.7 Å². The van der Waals surface area contributed by atoms with Crippen LogP contribution in [0.5, 0.6) is 0 Å². The number of halogens is 1. The number of primary sulfonamides is 1. The first-order valence-corrected chi connectivity index (χ1v) is 7.57. The van der Waals surface area contributed by atoms with Crippen molar-refractivity contribution in [3.8, 4) is 0 Å². The van der Waals surface area contributed by atoms with Crippen molar-refractivity contribution >= 4 is 37.6 Å². The third-order valence-electron chi connectivity index (χ3n) is 2.14. The number of sulfonamides is 1. The number of benzene rings is 1. The summed E-state index contributed by atoms with van der Waals surface area (Å²) in [7, 11) is -3.44. The van der Waals surface area contributed by atoms with Gasteiger partial charge in [0.2, 0.25) is 10.0 Å². The summed E-state index contributed by atoms with van der Waals surface area (Å²) in [6.45, 7) is 0.432. The van der Waals surface area contributed by atoms with Crippen LogP contribution in [0, 0.1) is 0 Å². The number of anilines is 1. The molecule has 0 aromatic heterocycles. The Morgan fingerprint density at radius 2 is 2.11 bits per heavy atom. The van der Waals surface area contributed by atoms with E-state index < -0.39 is 16.0 Å². The van der Waals surface area contributed by atoms with Crippen LogP contribution < -0.4 is 10.5 Å². The van der Waals surface area contributed by atoms with Gasteiger partial charge in [0, 0.05) is 16.7 Å². The average Bonchev–Trinajstić information content (AvgIpc) is 2.24. The highest BCUT2D eigenvalue weighted by atomic mass is 79.9. The third-order valence-corrected chi connectivity index (χ3v) is 3.65. The van der Waals surface area contributed by atoms with Gasteiger partial charge in [-0.15, -0.1) is 0 Å². The van der Waals surface area contributed by atoms with Gasteiger partial charge in [0.1, 0.15) is 0 Å². The lowest BCUT2D eigenvalue weighted by molar-refractivity contribution is 0.0697. The zero-order chi connectivity index (χ0) is 13.8. The molecule has 0 radical (unpaired) electrons. The van der Waals surface area contributed by atoms with Crippen LogP contribution in [-0.2, 0) is 10.0 Å². The molecular weight excluding hydrogens is 324 g/mol. The Balaban J connectivity index is 2.56. The Morgan fingerprint density at radius 1 is 1.44 bits per heavy atom. The summed E-state index contributed by atoms with van der Waals surface area (Å²) >= 11 is 3.24. The standard InChI is InChI=1S/C10H13BrN2O4S/c11-8-6-7(10(14)15)2-3-9(8)13-4-1-5-18(12,16)17/h2-3,6,13H,1,4-5H2,(H,14,15)(H2,12,16,17). The van der Waals surface area contributed by atoms with Crippen molar-refractivity contribution in [2.24, 2.45) is 5.14 Å². The van der Waals surface area contributed by atoms with Crippen molar-refractivity contribution in [3.05, 3.63) is 28.2 Å². The number of aromatic carboxylic acids is 1. The lowest BCUT2D eigenvalue weighted by Gasteiger charge is -2.08. The number of carbonyl (C=O) groups is 1. The molecule has 0 aliphatic carbocycles. The maximum Gasteiger partial charge on any atom is 0.335 e. The lowest BCUT2D eigenvalue weighted by atomic mass is 10.2. The van der Waals surface area contributed by atoms with Gasteiger partial charge < -0.3 is 10.4 Å². The van der Waals surface area contributed by atoms with E-state index in [9.17, 15) is 13.2 Å². The average molecular weight is 337 g/mol. The first-order chi connectivity index (χ1) is 8.29. The fourth-order valence-corrected chi connectivity index (χ4v) is 2.35. The molecule has 1 aromatic carbocycles. The molecule has 100 valence electrons. The molecule has 0 unspecified atom stereocenters. The van der Waals surface area contributed by atoms with Crippen LogP contribution in [0.2, 0.25) is 0 Å². The molecule has 0 amide bonds. The van der Waals surface area contributed by atoms with E-state index in [-0.39, 0.29) is 11.3 Å². The van der Waals surface area contributed by atoms with Crippen LogP contribution in [0.25, 0.3) is 0 Å². The quantitative estimate of drug-likeness (QED) is 0.677. The van der Waals surface area contributed by atoms with E-state index in [4.69, 9.17) is 10.2 Å². The van der Waals surface area contributed by atoms with Gasteiger partial charge in [0.25, 0.3) is 0 Å². The Morgan fingerprint density at radius 3 is 2.61 bits per heavy atom. The van der Waals surface area contributed by atoms with Gasteiger partial charge in [0.15, 0.2) is 0 Å². The molecular formula is C10H13BrN2O4S. The van der Waals surface area contributed by atoms with E-state index in [0.717, 1.165) is 0 Å². The number of nitrogens with two attached hydrogens (primary N) is 1. The first kappa shape index (κ1) is 14.9. The van der Waals surface area contributed by atoms with E-state index >= 15 is 0 Å². The van der Waals surface area contributed by atoms with Crippen molar-refractivity contribution in [3.63, 3.8) is 0 Å². The second-order valence-corrected chi connectivity index (χ2v) is 6.24. The van der Waals surface area contributed by atoms with Crippen LogP contribution >= 0.6 is 15.9 Å². The second kappa shape index (κ2) is 6.17. The number of carboxylic acids is 1. The number of carboxylic acid groups (broad SMARTS) is 1. The predicted octanol–water partition coefficient (Wildman–Crippen LogP) is 1.24. The van der Waals surface area contributed by atoms with Crippen molar-refractivity contribution in [2.75, 3.05) is 17.6 Å². The molecule has 0 spiro atoms. The summed E-state index contributed by atoms with van der Waals surface area (Å²) < 4.78 is 22.0. The summed E-state index contributed by atoms with van der Waals surface area (Å²) in [6, 6.07) is 4.56. The van der Waals surface area contributed by atoms with Crippen molar-refractivity contribution < 1.29 is 18.3 Å². The highest BCUT2D eigenvalue weighted by Crippen LogP contribution is 2.23. The molecule has 0 saturated heterocycles. The van der Waals surface area contributed by atoms with Crippen LogP contribution in [0.3, 0.4) is 0 Å². The molecule has 1 aromatic rings. The number of nitrogens with one attached hydrogen (secondary N) is 1. The number of hydrogen-bond donors (Lipinski definition) is 3. The Bertz CT molecular complexity index is 545. The fraction of sp³-hybridized carbons (Fsp3) is 0.300. The van der Waals surface area contributed by atoms with E-state index in [1.807, 2.05) is 0 Å². The van der Waals surface area contributed by atoms with Gasteiger partial charge >= 0.3 is 5.97 Å². The predicted molar refractivity (Wildman–Crippen MR) is 72.2 cm³/mol. The van der Waals surface area contributed by atoms with Gasteiger partial charge in [-0.3, -0.25) is 0 Å². The highest BCUT2D eigenvalue weighted by molar-refractivity contribution is 9.10. The van der Waals surface area contributed by atoms with Crippen molar-refractivity contribution in [1.82, 2.24) is 0 Å². The highest BCUT2D eigenvalue weighted by Gasteiger charge is 2.07. The fourth-order valence-electron chi connectivity index (χ4n) is 1.29. The van der Waals surface area contributed by atoms with E-state index in [1.165, 1.54) is 12.1 Å². The normalized spacial score (nSPS) is 11.2. The summed E-state index contributed by atoms with van der Waals surface area (Å²) in [5.74, 6) is -1.10. The molecule has 0 atom stereocenters. The molecule has 8 heteroatoms. The molecule has 18 heavy (non-hydrogen) atoms. The van der Waals surface area contributed by atoms with Gasteiger partial charge in [-0.2, -0.15) is 0 Å². The number of rotatable bonds is 6. The molecule has 0 heterocycles. The van der Waals surface area contributed by atoms with Gasteiger partial charge in [0.05, 0.1) is 11.3 Å². The maximum absolute atomic E-state index is 10.7. The molecule has 0 fully saturated rings. The van der Waals surface area contributed by atoms with Crippen LogP contribution in [0.1, 0.15) is 16.8 Å². The summed E-state index contributed by atoms with van der Waals surface area (Å²) in [5, 5.41) is 16.6. The zero-order valence-electron chi connectivity index (χ0n) is 9.39. The van der Waals surface area contributed by atoms with Gasteiger partial charge in [-0.1, -0.05) is 0 Å². The van der Waals surface area contributed by atoms with Gasteiger partial charge in [-0.05, 0) is 40.5 Å². The second-order valence-electron chi connectivity index (χ2n) is 3.65. The molecule has 6 nitrogen and oxygen atoms in total. The van der Waals surface area contributed by atoms with Crippen LogP contribution in [0.4, 0.5) is 5.69 Å². The van der Waals surface area contributed by atoms with Crippen molar-refractivity contribution in [2.45, 2.75) is 6.42 Å². The Kier molecular flexibility index (Phi) is 5.12. The molecule has 0 bridgehead atoms. The minimum absolute atomic E-state index is 0.0924. The van der Waals surface area contributed by atoms with Gasteiger partial charge in [-0.25, -0.2) is 18.4 Å². The van der Waals surface area contributed by atoms with E-state index in [0.29, 0.717) is 23.1 Å². The largest absolute Gasteiger partial charge is 0.478 e. The third kappa shape index (κ3) is 5.03. The lowest BCUT2D eigenvalue weighted by Crippen LogP contribution is -2.18. The topological polar surface area (TPSA) is 109 Å². The monoisotopic (exact) mass is 336 g/mol. The Labute approximate surface area is 113 Å². The van der Waals surface area contributed by atoms with E-state index in [1.54, 1.807) is 6.07 Å². The first-order valence-electron chi connectivity index (χ1n) is 5.07. The minimum atomic E-state index is -3.44. The molecule has 1 rings (SSSR count). The summed E-state index contributed by atoms with van der Waals surface area (Å²) in [5.41, 5.74) is 0.881. The molecule has 4 N–H and O–H groups in total. The van der Waals surface area contributed by atoms with E-state index in [2.05, 4.69) is 21.2 Å². The Hall–Kier alpha value is -1.12. The van der Waals surface area contributed by atoms with Crippen molar-refractivity contribution in [1.29, 1.82) is 0 Å². The zero-order valence-corrected chi connectivity index (χ0v) is 11.8. The SMILES string of the molecule is NS(=O)(=O)CCCNc1ccc(C(=O)O)cc1Br. The number of hydrogen-bond acceptors (Lipinski definition) is 4. The molecule has 0 aliphatic heterocycles. The maximum atomic E-state index is 10.7. The summed E-state index contributed by atoms with van der Waals surface area (Å²) in [4.78, 5) is 10.7.